The molecule has 2 nitrogen and oxygen atoms in total. The molecule has 0 aliphatic carbocycles. The molecule has 76 valence electrons. The third-order valence-corrected chi connectivity index (χ3v) is 4.63. The predicted molar refractivity (Wildman–Crippen MR) is 56.0 cm³/mol. The van der Waals surface area contributed by atoms with Gasteiger partial charge in [-0.05, 0) is 26.2 Å². The maximum absolute atomic E-state index is 11.2. The standard InChI is InChI=1S/C10H18O2S/c1-3-7-12-8-5-6-10(4-2)9-13(10)11/h3,7H,4-6,8-9H2,1-2H3/b7-3+. The Balaban J connectivity index is 2.09. The van der Waals surface area contributed by atoms with Crippen LogP contribution in [-0.4, -0.2) is 21.3 Å². The molecule has 0 radical (unpaired) electrons. The lowest BCUT2D eigenvalue weighted by Crippen LogP contribution is -2.10. The molecule has 0 bridgehead atoms. The molecule has 0 spiro atoms. The van der Waals surface area contributed by atoms with Crippen molar-refractivity contribution >= 4 is 10.8 Å². The van der Waals surface area contributed by atoms with Gasteiger partial charge in [0.1, 0.15) is 0 Å². The van der Waals surface area contributed by atoms with Crippen LogP contribution in [0.15, 0.2) is 12.3 Å². The summed E-state index contributed by atoms with van der Waals surface area (Å²) in [5, 5.41) is 0. The SMILES string of the molecule is C/C=C/OCCCC1(CC)CS1=O. The zero-order valence-corrected chi connectivity index (χ0v) is 9.23. The summed E-state index contributed by atoms with van der Waals surface area (Å²) in [6.07, 6.45) is 6.70. The molecule has 0 N–H and O–H groups in total. The van der Waals surface area contributed by atoms with Crippen LogP contribution in [0.3, 0.4) is 0 Å². The highest BCUT2D eigenvalue weighted by Gasteiger charge is 2.49. The second-order valence-corrected chi connectivity index (χ2v) is 5.32. The maximum atomic E-state index is 11.2. The van der Waals surface area contributed by atoms with Gasteiger partial charge in [0, 0.05) is 16.6 Å². The van der Waals surface area contributed by atoms with E-state index in [2.05, 4.69) is 6.92 Å². The molecular weight excluding hydrogens is 184 g/mol. The molecule has 3 heteroatoms. The van der Waals surface area contributed by atoms with Crippen molar-refractivity contribution in [1.29, 1.82) is 0 Å². The lowest BCUT2D eigenvalue weighted by Gasteiger charge is -2.08. The first-order valence-corrected chi connectivity index (χ1v) is 6.18. The molecule has 0 saturated carbocycles. The van der Waals surface area contributed by atoms with E-state index in [0.29, 0.717) is 0 Å². The van der Waals surface area contributed by atoms with E-state index in [1.165, 1.54) is 0 Å². The lowest BCUT2D eigenvalue weighted by molar-refractivity contribution is 0.238. The van der Waals surface area contributed by atoms with E-state index in [4.69, 9.17) is 4.74 Å². The Morgan fingerprint density at radius 3 is 2.77 bits per heavy atom. The fraction of sp³-hybridized carbons (Fsp3) is 0.800. The highest BCUT2D eigenvalue weighted by atomic mass is 32.2. The Morgan fingerprint density at radius 2 is 2.31 bits per heavy atom. The van der Waals surface area contributed by atoms with E-state index in [9.17, 15) is 4.21 Å². The van der Waals surface area contributed by atoms with Crippen LogP contribution in [0.25, 0.3) is 0 Å². The zero-order chi connectivity index (χ0) is 9.73. The average molecular weight is 202 g/mol. The van der Waals surface area contributed by atoms with Crippen molar-refractivity contribution in [2.45, 2.75) is 37.9 Å². The van der Waals surface area contributed by atoms with E-state index in [0.717, 1.165) is 31.6 Å². The molecule has 1 saturated heterocycles. The molecule has 1 aliphatic rings. The third kappa shape index (κ3) is 2.83. The van der Waals surface area contributed by atoms with Gasteiger partial charge in [-0.2, -0.15) is 0 Å². The lowest BCUT2D eigenvalue weighted by atomic mass is 10.0. The molecule has 2 unspecified atom stereocenters. The first kappa shape index (κ1) is 10.8. The van der Waals surface area contributed by atoms with Crippen LogP contribution in [0.4, 0.5) is 0 Å². The van der Waals surface area contributed by atoms with Crippen LogP contribution < -0.4 is 0 Å². The van der Waals surface area contributed by atoms with Crippen molar-refractivity contribution in [2.75, 3.05) is 12.4 Å². The zero-order valence-electron chi connectivity index (χ0n) is 8.41. The molecule has 1 rings (SSSR count). The smallest absolute Gasteiger partial charge is 0.0873 e. The summed E-state index contributed by atoms with van der Waals surface area (Å²) in [5.74, 6) is 0.910. The van der Waals surface area contributed by atoms with E-state index < -0.39 is 10.8 Å². The van der Waals surface area contributed by atoms with E-state index in [1.54, 1.807) is 6.26 Å². The monoisotopic (exact) mass is 202 g/mol. The van der Waals surface area contributed by atoms with Crippen LogP contribution in [0.2, 0.25) is 0 Å². The summed E-state index contributed by atoms with van der Waals surface area (Å²) in [6.45, 7) is 4.81. The molecule has 1 fully saturated rings. The summed E-state index contributed by atoms with van der Waals surface area (Å²) < 4.78 is 16.6. The van der Waals surface area contributed by atoms with Crippen molar-refractivity contribution < 1.29 is 8.95 Å². The minimum absolute atomic E-state index is 0.166. The molecule has 0 aromatic carbocycles. The number of allylic oxidation sites excluding steroid dienone is 1. The molecular formula is C10H18O2S. The summed E-state index contributed by atoms with van der Waals surface area (Å²) in [5.41, 5.74) is 0. The van der Waals surface area contributed by atoms with E-state index in [1.807, 2.05) is 13.0 Å². The van der Waals surface area contributed by atoms with Gasteiger partial charge in [0.25, 0.3) is 0 Å². The number of hydrogen-bond donors (Lipinski definition) is 0. The van der Waals surface area contributed by atoms with Crippen molar-refractivity contribution in [3.63, 3.8) is 0 Å². The topological polar surface area (TPSA) is 26.3 Å². The van der Waals surface area contributed by atoms with Gasteiger partial charge in [-0.3, -0.25) is 4.21 Å². The normalized spacial score (nSPS) is 32.3. The van der Waals surface area contributed by atoms with E-state index >= 15 is 0 Å². The minimum Gasteiger partial charge on any atom is -0.502 e. The molecule has 0 aromatic rings. The summed E-state index contributed by atoms with van der Waals surface area (Å²) in [6, 6.07) is 0. The summed E-state index contributed by atoms with van der Waals surface area (Å²) in [4.78, 5) is 0. The van der Waals surface area contributed by atoms with Gasteiger partial charge >= 0.3 is 0 Å². The van der Waals surface area contributed by atoms with Crippen molar-refractivity contribution in [3.05, 3.63) is 12.3 Å². The quantitative estimate of drug-likeness (QED) is 0.375. The first-order chi connectivity index (χ1) is 6.25. The molecule has 2 atom stereocenters. The van der Waals surface area contributed by atoms with Gasteiger partial charge in [-0.15, -0.1) is 0 Å². The second kappa shape index (κ2) is 4.80. The van der Waals surface area contributed by atoms with Crippen LogP contribution >= 0.6 is 0 Å². The molecule has 1 heterocycles. The second-order valence-electron chi connectivity index (χ2n) is 3.47. The highest BCUT2D eigenvalue weighted by molar-refractivity contribution is 7.94. The number of rotatable bonds is 6. The van der Waals surface area contributed by atoms with Crippen LogP contribution in [-0.2, 0) is 15.5 Å². The fourth-order valence-corrected chi connectivity index (χ4v) is 3.08. The largest absolute Gasteiger partial charge is 0.502 e. The minimum atomic E-state index is -0.538. The predicted octanol–water partition coefficient (Wildman–Crippen LogP) is 2.23. The Bertz CT molecular complexity index is 213. The van der Waals surface area contributed by atoms with Gasteiger partial charge in [-0.1, -0.05) is 13.0 Å². The summed E-state index contributed by atoms with van der Waals surface area (Å²) in [7, 11) is -0.538. The van der Waals surface area contributed by atoms with Crippen LogP contribution in [0.1, 0.15) is 33.1 Å². The van der Waals surface area contributed by atoms with Gasteiger partial charge < -0.3 is 4.74 Å². The molecule has 1 aliphatic heterocycles. The molecule has 13 heavy (non-hydrogen) atoms. The first-order valence-electron chi connectivity index (χ1n) is 4.86. The van der Waals surface area contributed by atoms with Crippen LogP contribution in [0, 0.1) is 0 Å². The van der Waals surface area contributed by atoms with Gasteiger partial charge in [-0.25, -0.2) is 0 Å². The van der Waals surface area contributed by atoms with Crippen molar-refractivity contribution in [3.8, 4) is 0 Å². The van der Waals surface area contributed by atoms with Crippen molar-refractivity contribution in [2.24, 2.45) is 0 Å². The fourth-order valence-electron chi connectivity index (χ4n) is 1.48. The van der Waals surface area contributed by atoms with Gasteiger partial charge in [0.2, 0.25) is 0 Å². The van der Waals surface area contributed by atoms with E-state index in [-0.39, 0.29) is 4.75 Å². The van der Waals surface area contributed by atoms with Crippen molar-refractivity contribution in [1.82, 2.24) is 0 Å². The Kier molecular flexibility index (Phi) is 3.97. The van der Waals surface area contributed by atoms with Crippen LogP contribution in [0.5, 0.6) is 0 Å². The third-order valence-electron chi connectivity index (χ3n) is 2.56. The average Bonchev–Trinajstić information content (AvgIpc) is 2.78. The maximum Gasteiger partial charge on any atom is 0.0873 e. The van der Waals surface area contributed by atoms with Gasteiger partial charge in [0.05, 0.1) is 17.6 Å². The molecule has 0 aromatic heterocycles. The Hall–Kier alpha value is -0.310. The number of ether oxygens (including phenoxy) is 1. The Morgan fingerprint density at radius 1 is 1.62 bits per heavy atom. The molecule has 0 amide bonds. The number of hydrogen-bond acceptors (Lipinski definition) is 2. The summed E-state index contributed by atoms with van der Waals surface area (Å²) >= 11 is 0. The van der Waals surface area contributed by atoms with Gasteiger partial charge in [0.15, 0.2) is 0 Å². The highest BCUT2D eigenvalue weighted by Crippen LogP contribution is 2.39. The Labute approximate surface area is 82.8 Å².